The van der Waals surface area contributed by atoms with Gasteiger partial charge < -0.3 is 5.32 Å². The SMILES string of the molecule is CCN(CC(F)(F)F)C1CNC(C)(C)C1. The maximum atomic E-state index is 12.3. The van der Waals surface area contributed by atoms with E-state index in [2.05, 4.69) is 5.32 Å². The summed E-state index contributed by atoms with van der Waals surface area (Å²) >= 11 is 0. The molecule has 1 unspecified atom stereocenters. The summed E-state index contributed by atoms with van der Waals surface area (Å²) in [6.45, 7) is 6.12. The standard InChI is InChI=1S/C10H19F3N2/c1-4-15(7-10(11,12)13)8-5-9(2,3)14-6-8/h8,14H,4-7H2,1-3H3. The van der Waals surface area contributed by atoms with Crippen LogP contribution < -0.4 is 5.32 Å². The zero-order valence-corrected chi connectivity index (χ0v) is 9.49. The van der Waals surface area contributed by atoms with Crippen molar-refractivity contribution in [3.05, 3.63) is 0 Å². The van der Waals surface area contributed by atoms with Crippen molar-refractivity contribution in [2.45, 2.75) is 44.9 Å². The summed E-state index contributed by atoms with van der Waals surface area (Å²) in [7, 11) is 0. The molecule has 1 heterocycles. The highest BCUT2D eigenvalue weighted by molar-refractivity contribution is 4.94. The second-order valence-electron chi connectivity index (χ2n) is 4.80. The van der Waals surface area contributed by atoms with E-state index in [1.54, 1.807) is 6.92 Å². The van der Waals surface area contributed by atoms with Crippen molar-refractivity contribution in [3.8, 4) is 0 Å². The first-order chi connectivity index (χ1) is 6.73. The minimum atomic E-state index is -4.09. The van der Waals surface area contributed by atoms with E-state index in [1.807, 2.05) is 13.8 Å². The fourth-order valence-electron chi connectivity index (χ4n) is 2.12. The Bertz CT molecular complexity index is 213. The predicted octanol–water partition coefficient (Wildman–Crippen LogP) is 2.01. The van der Waals surface area contributed by atoms with Crippen molar-refractivity contribution in [2.24, 2.45) is 0 Å². The van der Waals surface area contributed by atoms with E-state index in [-0.39, 0.29) is 11.6 Å². The lowest BCUT2D eigenvalue weighted by molar-refractivity contribution is -0.149. The van der Waals surface area contributed by atoms with Crippen LogP contribution in [0.5, 0.6) is 0 Å². The van der Waals surface area contributed by atoms with Crippen LogP contribution in [0.1, 0.15) is 27.2 Å². The molecule has 0 radical (unpaired) electrons. The van der Waals surface area contributed by atoms with Crippen LogP contribution in [0.3, 0.4) is 0 Å². The molecule has 15 heavy (non-hydrogen) atoms. The molecule has 1 saturated heterocycles. The number of hydrogen-bond donors (Lipinski definition) is 1. The Morgan fingerprint density at radius 2 is 2.00 bits per heavy atom. The van der Waals surface area contributed by atoms with E-state index >= 15 is 0 Å². The normalized spacial score (nSPS) is 26.2. The van der Waals surface area contributed by atoms with Gasteiger partial charge in [0, 0.05) is 18.1 Å². The monoisotopic (exact) mass is 224 g/mol. The topological polar surface area (TPSA) is 15.3 Å². The third-order valence-electron chi connectivity index (χ3n) is 2.87. The summed E-state index contributed by atoms with van der Waals surface area (Å²) in [5.74, 6) is 0. The van der Waals surface area contributed by atoms with Crippen molar-refractivity contribution >= 4 is 0 Å². The minimum absolute atomic E-state index is 0.00613. The highest BCUT2D eigenvalue weighted by Gasteiger charge is 2.38. The Hall–Kier alpha value is -0.290. The van der Waals surface area contributed by atoms with Gasteiger partial charge in [0.15, 0.2) is 0 Å². The molecular formula is C10H19F3N2. The lowest BCUT2D eigenvalue weighted by Crippen LogP contribution is -2.42. The largest absolute Gasteiger partial charge is 0.401 e. The third kappa shape index (κ3) is 3.99. The molecule has 0 saturated carbocycles. The Kier molecular flexibility index (Phi) is 3.66. The molecule has 0 amide bonds. The number of nitrogens with zero attached hydrogens (tertiary/aromatic N) is 1. The summed E-state index contributed by atoms with van der Waals surface area (Å²) in [4.78, 5) is 1.50. The molecule has 90 valence electrons. The van der Waals surface area contributed by atoms with Gasteiger partial charge in [-0.15, -0.1) is 0 Å². The van der Waals surface area contributed by atoms with E-state index < -0.39 is 12.7 Å². The van der Waals surface area contributed by atoms with E-state index in [1.165, 1.54) is 4.90 Å². The number of hydrogen-bond acceptors (Lipinski definition) is 2. The zero-order chi connectivity index (χ0) is 11.7. The first-order valence-corrected chi connectivity index (χ1v) is 5.29. The van der Waals surface area contributed by atoms with Crippen LogP contribution in [-0.4, -0.2) is 42.3 Å². The van der Waals surface area contributed by atoms with Gasteiger partial charge in [0.2, 0.25) is 0 Å². The zero-order valence-electron chi connectivity index (χ0n) is 9.49. The van der Waals surface area contributed by atoms with Crippen molar-refractivity contribution in [3.63, 3.8) is 0 Å². The average molecular weight is 224 g/mol. The summed E-state index contributed by atoms with van der Waals surface area (Å²) in [6, 6.07) is 0.00613. The Morgan fingerprint density at radius 3 is 2.33 bits per heavy atom. The van der Waals surface area contributed by atoms with Crippen LogP contribution >= 0.6 is 0 Å². The summed E-state index contributed by atoms with van der Waals surface area (Å²) in [5, 5.41) is 3.24. The van der Waals surface area contributed by atoms with Crippen molar-refractivity contribution in [1.82, 2.24) is 10.2 Å². The number of rotatable bonds is 3. The second kappa shape index (κ2) is 4.29. The highest BCUT2D eigenvalue weighted by atomic mass is 19.4. The maximum absolute atomic E-state index is 12.3. The van der Waals surface area contributed by atoms with Gasteiger partial charge in [0.05, 0.1) is 6.54 Å². The van der Waals surface area contributed by atoms with Gasteiger partial charge in [-0.1, -0.05) is 6.92 Å². The summed E-state index contributed by atoms with van der Waals surface area (Å²) in [5.41, 5.74) is -0.0380. The number of alkyl halides is 3. The molecule has 0 bridgehead atoms. The fraction of sp³-hybridized carbons (Fsp3) is 1.00. The van der Waals surface area contributed by atoms with Gasteiger partial charge in [-0.2, -0.15) is 13.2 Å². The molecule has 2 nitrogen and oxygen atoms in total. The molecule has 5 heteroatoms. The maximum Gasteiger partial charge on any atom is 0.401 e. The van der Waals surface area contributed by atoms with Gasteiger partial charge in [0.1, 0.15) is 0 Å². The van der Waals surface area contributed by atoms with Crippen LogP contribution in [0.25, 0.3) is 0 Å². The fourth-order valence-corrected chi connectivity index (χ4v) is 2.12. The van der Waals surface area contributed by atoms with Crippen molar-refractivity contribution in [1.29, 1.82) is 0 Å². The highest BCUT2D eigenvalue weighted by Crippen LogP contribution is 2.25. The molecule has 0 aliphatic carbocycles. The Labute approximate surface area is 88.8 Å². The van der Waals surface area contributed by atoms with E-state index in [9.17, 15) is 13.2 Å². The van der Waals surface area contributed by atoms with Gasteiger partial charge in [0.25, 0.3) is 0 Å². The van der Waals surface area contributed by atoms with Gasteiger partial charge in [-0.05, 0) is 26.8 Å². The first-order valence-electron chi connectivity index (χ1n) is 5.29. The van der Waals surface area contributed by atoms with Crippen molar-refractivity contribution < 1.29 is 13.2 Å². The average Bonchev–Trinajstić information content (AvgIpc) is 2.40. The van der Waals surface area contributed by atoms with Gasteiger partial charge in [-0.3, -0.25) is 4.90 Å². The van der Waals surface area contributed by atoms with Crippen LogP contribution in [0.15, 0.2) is 0 Å². The van der Waals surface area contributed by atoms with E-state index in [4.69, 9.17) is 0 Å². The van der Waals surface area contributed by atoms with Crippen molar-refractivity contribution in [2.75, 3.05) is 19.6 Å². The van der Waals surface area contributed by atoms with Crippen LogP contribution in [0.2, 0.25) is 0 Å². The van der Waals surface area contributed by atoms with Crippen LogP contribution in [0.4, 0.5) is 13.2 Å². The molecule has 1 aliphatic rings. The van der Waals surface area contributed by atoms with Gasteiger partial charge >= 0.3 is 6.18 Å². The van der Waals surface area contributed by atoms with Crippen LogP contribution in [0, 0.1) is 0 Å². The predicted molar refractivity (Wildman–Crippen MR) is 53.8 cm³/mol. The van der Waals surface area contributed by atoms with E-state index in [0.29, 0.717) is 13.1 Å². The number of nitrogens with one attached hydrogen (secondary N) is 1. The minimum Gasteiger partial charge on any atom is -0.310 e. The lowest BCUT2D eigenvalue weighted by Gasteiger charge is -2.28. The first kappa shape index (κ1) is 12.8. The van der Waals surface area contributed by atoms with Gasteiger partial charge in [-0.25, -0.2) is 0 Å². The Balaban J connectivity index is 2.54. The molecule has 1 N–H and O–H groups in total. The molecular weight excluding hydrogens is 205 g/mol. The Morgan fingerprint density at radius 1 is 1.40 bits per heavy atom. The molecule has 0 spiro atoms. The molecule has 1 aliphatic heterocycles. The second-order valence-corrected chi connectivity index (χ2v) is 4.80. The molecule has 0 aromatic carbocycles. The molecule has 1 fully saturated rings. The number of halogens is 3. The quantitative estimate of drug-likeness (QED) is 0.789. The summed E-state index contributed by atoms with van der Waals surface area (Å²) in [6.07, 6.45) is -3.32. The van der Waals surface area contributed by atoms with E-state index in [0.717, 1.165) is 6.42 Å². The summed E-state index contributed by atoms with van der Waals surface area (Å²) < 4.78 is 36.8. The molecule has 1 rings (SSSR count). The lowest BCUT2D eigenvalue weighted by atomic mass is 10.0. The van der Waals surface area contributed by atoms with Crippen LogP contribution in [-0.2, 0) is 0 Å². The number of likely N-dealkylation sites (N-methyl/N-ethyl adjacent to an activating group) is 1. The third-order valence-corrected chi connectivity index (χ3v) is 2.87. The molecule has 0 aromatic heterocycles. The molecule has 0 aromatic rings. The molecule has 1 atom stereocenters. The smallest absolute Gasteiger partial charge is 0.310 e.